The number of nitrogens with one attached hydrogen (secondary N) is 1. The van der Waals surface area contributed by atoms with Crippen LogP contribution in [-0.2, 0) is 12.8 Å². The molecule has 0 bridgehead atoms. The Labute approximate surface area is 199 Å². The minimum absolute atomic E-state index is 0.0236. The van der Waals surface area contributed by atoms with Crippen molar-refractivity contribution in [1.29, 1.82) is 0 Å². The average molecular weight is 569 g/mol. The van der Waals surface area contributed by atoms with Crippen LogP contribution in [0.15, 0.2) is 71.8 Å². The van der Waals surface area contributed by atoms with Gasteiger partial charge >= 0.3 is 6.18 Å². The molecule has 0 saturated carbocycles. The number of ether oxygens (including phenoxy) is 1. The number of rotatable bonds is 7. The molecule has 7 nitrogen and oxygen atoms in total. The van der Waals surface area contributed by atoms with Crippen molar-refractivity contribution in [2.75, 3.05) is 0 Å². The number of hydrogen-bond donors (Lipinski definition) is 1. The van der Waals surface area contributed by atoms with Crippen molar-refractivity contribution < 1.29 is 27.6 Å². The van der Waals surface area contributed by atoms with E-state index in [4.69, 9.17) is 4.74 Å². The third kappa shape index (κ3) is 6.75. The largest absolute Gasteiger partial charge is 0.488 e. The molecule has 0 aliphatic rings. The first-order valence-corrected chi connectivity index (χ1v) is 10.4. The minimum atomic E-state index is -4.55. The number of alkyl halides is 3. The summed E-state index contributed by atoms with van der Waals surface area (Å²) in [5.74, 6) is -0.226. The van der Waals surface area contributed by atoms with E-state index in [-0.39, 0.29) is 17.9 Å². The number of hydrazone groups is 1. The van der Waals surface area contributed by atoms with Crippen LogP contribution in [0.3, 0.4) is 0 Å². The second kappa shape index (κ2) is 10.4. The maximum atomic E-state index is 12.8. The van der Waals surface area contributed by atoms with Crippen molar-refractivity contribution in [3.8, 4) is 5.75 Å². The lowest BCUT2D eigenvalue weighted by molar-refractivity contribution is -0.384. The van der Waals surface area contributed by atoms with E-state index in [0.717, 1.165) is 21.8 Å². The van der Waals surface area contributed by atoms with E-state index in [2.05, 4.69) is 10.5 Å². The van der Waals surface area contributed by atoms with Gasteiger partial charge in [-0.25, -0.2) is 5.43 Å². The standard InChI is InChI=1S/C22H15F3IN3O4/c23-22(24,25)17-5-2-4-16(11-17)21(30)28-27-12-14-7-8-20(19(26)10-14)33-13-15-3-1-6-18(9-15)29(31)32/h1-12H,13H2,(H,28,30)/b27-12-. The van der Waals surface area contributed by atoms with Crippen LogP contribution in [-0.4, -0.2) is 17.0 Å². The molecule has 0 aromatic heterocycles. The third-order valence-corrected chi connectivity index (χ3v) is 5.15. The molecule has 3 aromatic carbocycles. The van der Waals surface area contributed by atoms with E-state index in [1.165, 1.54) is 24.4 Å². The van der Waals surface area contributed by atoms with Crippen molar-refractivity contribution in [1.82, 2.24) is 5.43 Å². The smallest absolute Gasteiger partial charge is 0.416 e. The highest BCUT2D eigenvalue weighted by Gasteiger charge is 2.30. The fourth-order valence-electron chi connectivity index (χ4n) is 2.70. The van der Waals surface area contributed by atoms with E-state index in [1.54, 1.807) is 30.3 Å². The number of nitro benzene ring substituents is 1. The Morgan fingerprint density at radius 2 is 1.88 bits per heavy atom. The van der Waals surface area contributed by atoms with E-state index >= 15 is 0 Å². The normalized spacial score (nSPS) is 11.4. The molecule has 0 aliphatic carbocycles. The second-order valence-corrected chi connectivity index (χ2v) is 7.85. The highest BCUT2D eigenvalue weighted by atomic mass is 127. The zero-order valence-corrected chi connectivity index (χ0v) is 18.8. The topological polar surface area (TPSA) is 93.8 Å². The van der Waals surface area contributed by atoms with E-state index in [1.807, 2.05) is 22.6 Å². The number of non-ortho nitro benzene ring substituents is 1. The SMILES string of the molecule is O=C(N/N=C\c1ccc(OCc2cccc([N+](=O)[O-])c2)c(I)c1)c1cccc(C(F)(F)F)c1. The quantitative estimate of drug-likeness (QED) is 0.175. The summed E-state index contributed by atoms with van der Waals surface area (Å²) in [6.45, 7) is 0.137. The van der Waals surface area contributed by atoms with Gasteiger partial charge in [-0.05, 0) is 70.1 Å². The molecule has 170 valence electrons. The van der Waals surface area contributed by atoms with Gasteiger partial charge in [0, 0.05) is 17.7 Å². The fraction of sp³-hybridized carbons (Fsp3) is 0.0909. The van der Waals surface area contributed by atoms with Crippen molar-refractivity contribution in [2.45, 2.75) is 12.8 Å². The molecule has 0 radical (unpaired) electrons. The molecule has 1 amide bonds. The van der Waals surface area contributed by atoms with Crippen LogP contribution in [0.4, 0.5) is 18.9 Å². The molecule has 0 spiro atoms. The monoisotopic (exact) mass is 569 g/mol. The summed E-state index contributed by atoms with van der Waals surface area (Å²) in [5, 5.41) is 14.6. The summed E-state index contributed by atoms with van der Waals surface area (Å²) >= 11 is 2.04. The van der Waals surface area contributed by atoms with Crippen LogP contribution in [0.2, 0.25) is 0 Å². The van der Waals surface area contributed by atoms with Crippen molar-refractivity contribution in [2.24, 2.45) is 5.10 Å². The molecular formula is C22H15F3IN3O4. The number of nitrogens with zero attached hydrogens (tertiary/aromatic N) is 2. The van der Waals surface area contributed by atoms with Crippen LogP contribution in [0.5, 0.6) is 5.75 Å². The van der Waals surface area contributed by atoms with E-state index in [0.29, 0.717) is 16.9 Å². The van der Waals surface area contributed by atoms with Crippen molar-refractivity contribution in [3.05, 3.63) is 103 Å². The highest BCUT2D eigenvalue weighted by molar-refractivity contribution is 14.1. The van der Waals surface area contributed by atoms with Gasteiger partial charge in [0.15, 0.2) is 0 Å². The zero-order valence-electron chi connectivity index (χ0n) is 16.7. The lowest BCUT2D eigenvalue weighted by atomic mass is 10.1. The number of hydrogen-bond acceptors (Lipinski definition) is 5. The Morgan fingerprint density at radius 3 is 2.58 bits per heavy atom. The average Bonchev–Trinajstić information content (AvgIpc) is 2.78. The van der Waals surface area contributed by atoms with Crippen LogP contribution >= 0.6 is 22.6 Å². The van der Waals surface area contributed by atoms with Gasteiger partial charge < -0.3 is 4.74 Å². The Kier molecular flexibility index (Phi) is 7.63. The molecule has 3 aromatic rings. The van der Waals surface area contributed by atoms with E-state index < -0.39 is 22.6 Å². The number of amides is 1. The van der Waals surface area contributed by atoms with Crippen LogP contribution in [0.25, 0.3) is 0 Å². The van der Waals surface area contributed by atoms with Crippen molar-refractivity contribution in [3.63, 3.8) is 0 Å². The van der Waals surface area contributed by atoms with Gasteiger partial charge in [0.25, 0.3) is 11.6 Å². The molecule has 0 heterocycles. The predicted molar refractivity (Wildman–Crippen MR) is 123 cm³/mol. The summed E-state index contributed by atoms with van der Waals surface area (Å²) in [5.41, 5.74) is 2.34. The lowest BCUT2D eigenvalue weighted by Crippen LogP contribution is -2.18. The zero-order chi connectivity index (χ0) is 24.0. The van der Waals surface area contributed by atoms with Crippen molar-refractivity contribution >= 4 is 40.4 Å². The highest BCUT2D eigenvalue weighted by Crippen LogP contribution is 2.29. The molecule has 0 unspecified atom stereocenters. The van der Waals surface area contributed by atoms with Gasteiger partial charge in [-0.3, -0.25) is 14.9 Å². The number of nitro groups is 1. The van der Waals surface area contributed by atoms with Crippen LogP contribution < -0.4 is 10.2 Å². The minimum Gasteiger partial charge on any atom is -0.488 e. The fourth-order valence-corrected chi connectivity index (χ4v) is 3.40. The Balaban J connectivity index is 1.60. The van der Waals surface area contributed by atoms with Gasteiger partial charge in [-0.2, -0.15) is 18.3 Å². The van der Waals surface area contributed by atoms with Crippen LogP contribution in [0, 0.1) is 13.7 Å². The first kappa shape index (κ1) is 24.2. The molecule has 0 atom stereocenters. The van der Waals surface area contributed by atoms with Gasteiger partial charge in [-0.1, -0.05) is 18.2 Å². The van der Waals surface area contributed by atoms with Gasteiger partial charge in [0.2, 0.25) is 0 Å². The Hall–Kier alpha value is -3.48. The number of halogens is 4. The summed E-state index contributed by atoms with van der Waals surface area (Å²) in [6.07, 6.45) is -3.20. The van der Waals surface area contributed by atoms with Gasteiger partial charge in [0.1, 0.15) is 12.4 Å². The summed E-state index contributed by atoms with van der Waals surface area (Å²) in [6, 6.07) is 15.2. The molecular weight excluding hydrogens is 554 g/mol. The Bertz CT molecular complexity index is 1220. The molecule has 0 saturated heterocycles. The molecule has 11 heteroatoms. The summed E-state index contributed by atoms with van der Waals surface area (Å²) in [7, 11) is 0. The number of benzene rings is 3. The second-order valence-electron chi connectivity index (χ2n) is 6.68. The molecule has 0 fully saturated rings. The Morgan fingerprint density at radius 1 is 1.12 bits per heavy atom. The maximum absolute atomic E-state index is 12.8. The van der Waals surface area contributed by atoms with Gasteiger partial charge in [-0.15, -0.1) is 0 Å². The summed E-state index contributed by atoms with van der Waals surface area (Å²) in [4.78, 5) is 22.4. The first-order valence-electron chi connectivity index (χ1n) is 9.30. The number of carbonyl (C=O) groups is 1. The lowest BCUT2D eigenvalue weighted by Gasteiger charge is -2.09. The molecule has 3 rings (SSSR count). The molecule has 33 heavy (non-hydrogen) atoms. The summed E-state index contributed by atoms with van der Waals surface area (Å²) < 4.78 is 44.8. The molecule has 0 aliphatic heterocycles. The van der Waals surface area contributed by atoms with Gasteiger partial charge in [0.05, 0.1) is 20.3 Å². The first-order chi connectivity index (χ1) is 15.6. The third-order valence-electron chi connectivity index (χ3n) is 4.30. The number of carbonyl (C=O) groups excluding carboxylic acids is 1. The van der Waals surface area contributed by atoms with Crippen LogP contribution in [0.1, 0.15) is 27.0 Å². The molecule has 1 N–H and O–H groups in total. The predicted octanol–water partition coefficient (Wildman–Crippen LogP) is 5.56. The maximum Gasteiger partial charge on any atom is 0.416 e. The van der Waals surface area contributed by atoms with E-state index in [9.17, 15) is 28.1 Å².